The summed E-state index contributed by atoms with van der Waals surface area (Å²) in [5.74, 6) is -0.214. The monoisotopic (exact) mass is 243 g/mol. The molecule has 2 rings (SSSR count). The average molecular weight is 243 g/mol. The minimum atomic E-state index is -0.214. The molecule has 1 spiro atoms. The van der Waals surface area contributed by atoms with E-state index < -0.39 is 0 Å². The Morgan fingerprint density at radius 3 is 2.53 bits per heavy atom. The third-order valence-corrected chi connectivity index (χ3v) is 3.77. The molecule has 0 bridgehead atoms. The fourth-order valence-electron chi connectivity index (χ4n) is 2.73. The highest BCUT2D eigenvalue weighted by Gasteiger charge is 2.39. The SMILES string of the molecule is COCCCCNC1CCC2(CC1)OCCO2. The highest BCUT2D eigenvalue weighted by molar-refractivity contribution is 4.85. The van der Waals surface area contributed by atoms with E-state index in [9.17, 15) is 0 Å². The molecule has 2 aliphatic rings. The zero-order valence-corrected chi connectivity index (χ0v) is 10.9. The summed E-state index contributed by atoms with van der Waals surface area (Å²) >= 11 is 0. The third kappa shape index (κ3) is 3.91. The van der Waals surface area contributed by atoms with Crippen molar-refractivity contribution in [1.29, 1.82) is 0 Å². The molecule has 0 radical (unpaired) electrons. The average Bonchev–Trinajstić information content (AvgIpc) is 2.80. The Bertz CT molecular complexity index is 207. The quantitative estimate of drug-likeness (QED) is 0.721. The van der Waals surface area contributed by atoms with Gasteiger partial charge in [-0.2, -0.15) is 0 Å². The molecule has 4 nitrogen and oxygen atoms in total. The molecule has 4 heteroatoms. The molecule has 1 N–H and O–H groups in total. The summed E-state index contributed by atoms with van der Waals surface area (Å²) in [5, 5.41) is 3.62. The lowest BCUT2D eigenvalue weighted by Crippen LogP contribution is -2.42. The van der Waals surface area contributed by atoms with Gasteiger partial charge < -0.3 is 19.5 Å². The van der Waals surface area contributed by atoms with Gasteiger partial charge >= 0.3 is 0 Å². The van der Waals surface area contributed by atoms with E-state index in [1.165, 1.54) is 19.3 Å². The lowest BCUT2D eigenvalue weighted by Gasteiger charge is -2.35. The molecule has 0 aromatic heterocycles. The molecular formula is C13H25NO3. The number of hydrogen-bond acceptors (Lipinski definition) is 4. The molecule has 2 fully saturated rings. The lowest BCUT2D eigenvalue weighted by atomic mass is 9.90. The van der Waals surface area contributed by atoms with Crippen LogP contribution in [0.3, 0.4) is 0 Å². The molecule has 1 heterocycles. The highest BCUT2D eigenvalue weighted by atomic mass is 16.7. The zero-order chi connectivity index (χ0) is 12.0. The fourth-order valence-corrected chi connectivity index (χ4v) is 2.73. The zero-order valence-electron chi connectivity index (χ0n) is 10.9. The van der Waals surface area contributed by atoms with Crippen molar-refractivity contribution in [3.05, 3.63) is 0 Å². The van der Waals surface area contributed by atoms with Gasteiger partial charge in [0.1, 0.15) is 0 Å². The molecule has 0 unspecified atom stereocenters. The van der Waals surface area contributed by atoms with Gasteiger partial charge in [-0.1, -0.05) is 0 Å². The Balaban J connectivity index is 1.56. The van der Waals surface area contributed by atoms with Crippen molar-refractivity contribution in [2.45, 2.75) is 50.4 Å². The molecule has 100 valence electrons. The van der Waals surface area contributed by atoms with Crippen LogP contribution >= 0.6 is 0 Å². The summed E-state index contributed by atoms with van der Waals surface area (Å²) in [7, 11) is 1.76. The van der Waals surface area contributed by atoms with E-state index in [0.29, 0.717) is 6.04 Å². The molecule has 1 aliphatic carbocycles. The summed E-state index contributed by atoms with van der Waals surface area (Å²) in [5.41, 5.74) is 0. The summed E-state index contributed by atoms with van der Waals surface area (Å²) in [6.45, 7) is 3.52. The summed E-state index contributed by atoms with van der Waals surface area (Å²) in [6.07, 6.45) is 6.77. The third-order valence-electron chi connectivity index (χ3n) is 3.77. The minimum Gasteiger partial charge on any atom is -0.385 e. The first-order chi connectivity index (χ1) is 8.35. The molecule has 0 atom stereocenters. The Kier molecular flexibility index (Phi) is 5.22. The van der Waals surface area contributed by atoms with Crippen molar-refractivity contribution in [3.63, 3.8) is 0 Å². The molecule has 0 aromatic carbocycles. The number of unbranched alkanes of at least 4 members (excludes halogenated alkanes) is 1. The summed E-state index contributed by atoms with van der Waals surface area (Å²) in [6, 6.07) is 0.649. The van der Waals surface area contributed by atoms with Gasteiger partial charge in [0.15, 0.2) is 5.79 Å². The van der Waals surface area contributed by atoms with E-state index in [1.807, 2.05) is 0 Å². The van der Waals surface area contributed by atoms with E-state index in [0.717, 1.165) is 45.6 Å². The topological polar surface area (TPSA) is 39.7 Å². The maximum Gasteiger partial charge on any atom is 0.168 e. The molecule has 1 saturated heterocycles. The largest absolute Gasteiger partial charge is 0.385 e. The lowest BCUT2D eigenvalue weighted by molar-refractivity contribution is -0.179. The van der Waals surface area contributed by atoms with E-state index in [2.05, 4.69) is 5.32 Å². The second-order valence-electron chi connectivity index (χ2n) is 5.04. The van der Waals surface area contributed by atoms with Gasteiger partial charge in [0.25, 0.3) is 0 Å². The van der Waals surface area contributed by atoms with Crippen LogP contribution in [0.1, 0.15) is 38.5 Å². The molecular weight excluding hydrogens is 218 g/mol. The van der Waals surface area contributed by atoms with Crippen molar-refractivity contribution < 1.29 is 14.2 Å². The first-order valence-corrected chi connectivity index (χ1v) is 6.85. The first kappa shape index (κ1) is 13.3. The van der Waals surface area contributed by atoms with Gasteiger partial charge in [0.2, 0.25) is 0 Å². The predicted octanol–water partition coefficient (Wildman–Crippen LogP) is 1.69. The highest BCUT2D eigenvalue weighted by Crippen LogP contribution is 2.35. The van der Waals surface area contributed by atoms with Crippen LogP contribution in [-0.4, -0.2) is 45.3 Å². The molecule has 1 aliphatic heterocycles. The van der Waals surface area contributed by atoms with E-state index >= 15 is 0 Å². The Morgan fingerprint density at radius 1 is 1.18 bits per heavy atom. The predicted molar refractivity (Wildman–Crippen MR) is 66.0 cm³/mol. The molecule has 1 saturated carbocycles. The van der Waals surface area contributed by atoms with Crippen LogP contribution in [0.2, 0.25) is 0 Å². The van der Waals surface area contributed by atoms with E-state index in [1.54, 1.807) is 7.11 Å². The van der Waals surface area contributed by atoms with Gasteiger partial charge in [-0.05, 0) is 32.2 Å². The summed E-state index contributed by atoms with van der Waals surface area (Å²) < 4.78 is 16.5. The van der Waals surface area contributed by atoms with Crippen LogP contribution < -0.4 is 5.32 Å². The van der Waals surface area contributed by atoms with Gasteiger partial charge in [0, 0.05) is 32.6 Å². The van der Waals surface area contributed by atoms with Crippen molar-refractivity contribution in [1.82, 2.24) is 5.32 Å². The van der Waals surface area contributed by atoms with Crippen LogP contribution in [0.4, 0.5) is 0 Å². The van der Waals surface area contributed by atoms with Gasteiger partial charge in [-0.15, -0.1) is 0 Å². The number of ether oxygens (including phenoxy) is 3. The second-order valence-corrected chi connectivity index (χ2v) is 5.04. The van der Waals surface area contributed by atoms with Gasteiger partial charge in [0.05, 0.1) is 13.2 Å². The first-order valence-electron chi connectivity index (χ1n) is 6.85. The van der Waals surface area contributed by atoms with Crippen molar-refractivity contribution >= 4 is 0 Å². The van der Waals surface area contributed by atoms with Crippen LogP contribution in [-0.2, 0) is 14.2 Å². The van der Waals surface area contributed by atoms with Gasteiger partial charge in [-0.25, -0.2) is 0 Å². The second kappa shape index (κ2) is 6.69. The van der Waals surface area contributed by atoms with Crippen LogP contribution in [0.15, 0.2) is 0 Å². The Morgan fingerprint density at radius 2 is 1.88 bits per heavy atom. The Hall–Kier alpha value is -0.160. The molecule has 17 heavy (non-hydrogen) atoms. The molecule has 0 aromatic rings. The van der Waals surface area contributed by atoms with E-state index in [-0.39, 0.29) is 5.79 Å². The van der Waals surface area contributed by atoms with Gasteiger partial charge in [-0.3, -0.25) is 0 Å². The van der Waals surface area contributed by atoms with Crippen LogP contribution in [0.25, 0.3) is 0 Å². The van der Waals surface area contributed by atoms with Crippen LogP contribution in [0.5, 0.6) is 0 Å². The minimum absolute atomic E-state index is 0.214. The molecule has 0 amide bonds. The van der Waals surface area contributed by atoms with E-state index in [4.69, 9.17) is 14.2 Å². The van der Waals surface area contributed by atoms with Crippen LogP contribution in [0, 0.1) is 0 Å². The fraction of sp³-hybridized carbons (Fsp3) is 1.00. The normalized spacial score (nSPS) is 24.5. The number of methoxy groups -OCH3 is 1. The van der Waals surface area contributed by atoms with Crippen molar-refractivity contribution in [2.24, 2.45) is 0 Å². The number of rotatable bonds is 6. The standard InChI is InChI=1S/C13H25NO3/c1-15-9-3-2-8-14-12-4-6-13(7-5-12)16-10-11-17-13/h12,14H,2-11H2,1H3. The number of hydrogen-bond donors (Lipinski definition) is 1. The Labute approximate surface area is 104 Å². The summed E-state index contributed by atoms with van der Waals surface area (Å²) in [4.78, 5) is 0. The number of nitrogens with one attached hydrogen (secondary N) is 1. The van der Waals surface area contributed by atoms with Crippen molar-refractivity contribution in [2.75, 3.05) is 33.5 Å². The van der Waals surface area contributed by atoms with Crippen molar-refractivity contribution in [3.8, 4) is 0 Å². The maximum absolute atomic E-state index is 5.72. The smallest absolute Gasteiger partial charge is 0.168 e. The maximum atomic E-state index is 5.72.